The molecule has 5 nitrogen and oxygen atoms in total. The average Bonchev–Trinajstić information content (AvgIpc) is 2.62. The van der Waals surface area contributed by atoms with Crippen LogP contribution in [0.1, 0.15) is 19.4 Å². The van der Waals surface area contributed by atoms with Gasteiger partial charge in [0, 0.05) is 0 Å². The molecule has 0 spiro atoms. The second-order valence-electron chi connectivity index (χ2n) is 3.74. The lowest BCUT2D eigenvalue weighted by Gasteiger charge is -2.01. The van der Waals surface area contributed by atoms with Gasteiger partial charge in [-0.2, -0.15) is 0 Å². The molecule has 1 aliphatic heterocycles. The smallest absolute Gasteiger partial charge is 0.280 e. The molecule has 1 aliphatic rings. The molecule has 16 heavy (non-hydrogen) atoms. The lowest BCUT2D eigenvalue weighted by molar-refractivity contribution is -0.385. The molecule has 0 radical (unpaired) electrons. The van der Waals surface area contributed by atoms with Gasteiger partial charge in [0.2, 0.25) is 6.79 Å². The van der Waals surface area contributed by atoms with Crippen LogP contribution in [0.5, 0.6) is 11.5 Å². The molecule has 2 rings (SSSR count). The van der Waals surface area contributed by atoms with E-state index in [2.05, 4.69) is 0 Å². The van der Waals surface area contributed by atoms with Crippen molar-refractivity contribution in [1.29, 1.82) is 0 Å². The topological polar surface area (TPSA) is 61.6 Å². The first-order chi connectivity index (χ1) is 7.58. The van der Waals surface area contributed by atoms with Gasteiger partial charge in [-0.05, 0) is 26.0 Å². The molecular weight excluding hydrogens is 210 g/mol. The van der Waals surface area contributed by atoms with E-state index in [0.29, 0.717) is 17.1 Å². The first kappa shape index (κ1) is 10.5. The van der Waals surface area contributed by atoms with Gasteiger partial charge in [0.05, 0.1) is 16.6 Å². The van der Waals surface area contributed by atoms with Gasteiger partial charge in [0.1, 0.15) is 0 Å². The number of allylic oxidation sites excluding steroid dienone is 1. The van der Waals surface area contributed by atoms with Gasteiger partial charge < -0.3 is 9.47 Å². The minimum Gasteiger partial charge on any atom is -0.454 e. The molecule has 0 fully saturated rings. The molecule has 0 aliphatic carbocycles. The number of rotatable bonds is 2. The van der Waals surface area contributed by atoms with E-state index < -0.39 is 4.92 Å². The number of hydrogen-bond donors (Lipinski definition) is 0. The van der Waals surface area contributed by atoms with Crippen molar-refractivity contribution in [2.75, 3.05) is 6.79 Å². The molecular formula is C11H11NO4. The molecule has 0 aromatic heterocycles. The Hall–Kier alpha value is -2.04. The average molecular weight is 221 g/mol. The molecule has 5 heteroatoms. The Morgan fingerprint density at radius 2 is 2.00 bits per heavy atom. The Morgan fingerprint density at radius 1 is 1.38 bits per heavy atom. The van der Waals surface area contributed by atoms with Crippen molar-refractivity contribution in [2.24, 2.45) is 0 Å². The summed E-state index contributed by atoms with van der Waals surface area (Å²) in [6.45, 7) is 3.88. The molecule has 1 heterocycles. The fourth-order valence-electron chi connectivity index (χ4n) is 1.53. The Morgan fingerprint density at radius 3 is 2.56 bits per heavy atom. The summed E-state index contributed by atoms with van der Waals surface area (Å²) < 4.78 is 10.3. The minimum atomic E-state index is -0.420. The van der Waals surface area contributed by atoms with Crippen LogP contribution in [0, 0.1) is 10.1 Å². The third-order valence-electron chi connectivity index (χ3n) is 2.16. The molecule has 0 saturated heterocycles. The summed E-state index contributed by atoms with van der Waals surface area (Å²) >= 11 is 0. The maximum Gasteiger partial charge on any atom is 0.280 e. The quantitative estimate of drug-likeness (QED) is 0.569. The minimum absolute atomic E-state index is 0.0328. The highest BCUT2D eigenvalue weighted by Gasteiger charge is 2.21. The van der Waals surface area contributed by atoms with E-state index >= 15 is 0 Å². The number of ether oxygens (including phenoxy) is 2. The first-order valence-electron chi connectivity index (χ1n) is 4.81. The van der Waals surface area contributed by atoms with Crippen LogP contribution in [0.4, 0.5) is 5.69 Å². The second-order valence-corrected chi connectivity index (χ2v) is 3.74. The molecule has 0 amide bonds. The molecule has 1 aromatic rings. The van der Waals surface area contributed by atoms with Gasteiger partial charge in [-0.1, -0.05) is 5.57 Å². The van der Waals surface area contributed by atoms with Crippen molar-refractivity contribution in [3.63, 3.8) is 0 Å². The number of nitro benzene ring substituents is 1. The summed E-state index contributed by atoms with van der Waals surface area (Å²) in [6.07, 6.45) is 1.75. The number of hydrogen-bond acceptors (Lipinski definition) is 4. The van der Waals surface area contributed by atoms with Crippen molar-refractivity contribution in [3.8, 4) is 11.5 Å². The Labute approximate surface area is 92.4 Å². The maximum atomic E-state index is 10.9. The van der Waals surface area contributed by atoms with E-state index in [9.17, 15) is 10.1 Å². The SMILES string of the molecule is CC(C)=Cc1cc2c(cc1[N+](=O)[O-])OCO2. The summed E-state index contributed by atoms with van der Waals surface area (Å²) in [4.78, 5) is 10.5. The van der Waals surface area contributed by atoms with Crippen molar-refractivity contribution < 1.29 is 14.4 Å². The van der Waals surface area contributed by atoms with Gasteiger partial charge in [0.25, 0.3) is 5.69 Å². The molecule has 0 bridgehead atoms. The van der Waals surface area contributed by atoms with Gasteiger partial charge in [0.15, 0.2) is 11.5 Å². The van der Waals surface area contributed by atoms with Crippen molar-refractivity contribution >= 4 is 11.8 Å². The zero-order chi connectivity index (χ0) is 11.7. The number of nitrogens with zero attached hydrogens (tertiary/aromatic N) is 1. The van der Waals surface area contributed by atoms with E-state index in [4.69, 9.17) is 9.47 Å². The molecule has 0 atom stereocenters. The molecule has 1 aromatic carbocycles. The van der Waals surface area contributed by atoms with E-state index in [1.54, 1.807) is 12.1 Å². The summed E-state index contributed by atoms with van der Waals surface area (Å²) in [5, 5.41) is 10.9. The summed E-state index contributed by atoms with van der Waals surface area (Å²) in [5.74, 6) is 0.982. The first-order valence-corrected chi connectivity index (χ1v) is 4.81. The number of benzene rings is 1. The van der Waals surface area contributed by atoms with E-state index in [0.717, 1.165) is 5.57 Å². The predicted molar refractivity (Wildman–Crippen MR) is 58.5 cm³/mol. The molecule has 0 saturated carbocycles. The maximum absolute atomic E-state index is 10.9. The summed E-state index contributed by atoms with van der Waals surface area (Å²) in [6, 6.07) is 3.03. The Bertz CT molecular complexity index is 475. The normalized spacial score (nSPS) is 12.4. The van der Waals surface area contributed by atoms with Crippen LogP contribution in [0.25, 0.3) is 6.08 Å². The van der Waals surface area contributed by atoms with Crippen LogP contribution in [-0.4, -0.2) is 11.7 Å². The van der Waals surface area contributed by atoms with Gasteiger partial charge in [-0.3, -0.25) is 10.1 Å². The van der Waals surface area contributed by atoms with Gasteiger partial charge in [-0.25, -0.2) is 0 Å². The molecule has 84 valence electrons. The third kappa shape index (κ3) is 1.84. The van der Waals surface area contributed by atoms with Crippen molar-refractivity contribution in [2.45, 2.75) is 13.8 Å². The zero-order valence-electron chi connectivity index (χ0n) is 9.02. The third-order valence-corrected chi connectivity index (χ3v) is 2.16. The van der Waals surface area contributed by atoms with Crippen LogP contribution in [0.15, 0.2) is 17.7 Å². The van der Waals surface area contributed by atoms with Gasteiger partial charge >= 0.3 is 0 Å². The van der Waals surface area contributed by atoms with Crippen molar-refractivity contribution in [3.05, 3.63) is 33.4 Å². The van der Waals surface area contributed by atoms with Crippen LogP contribution in [0.2, 0.25) is 0 Å². The summed E-state index contributed by atoms with van der Waals surface area (Å²) in [7, 11) is 0. The zero-order valence-corrected chi connectivity index (χ0v) is 9.02. The van der Waals surface area contributed by atoms with Crippen LogP contribution in [0.3, 0.4) is 0 Å². The van der Waals surface area contributed by atoms with E-state index in [1.165, 1.54) is 6.07 Å². The molecule has 0 unspecified atom stereocenters. The van der Waals surface area contributed by atoms with E-state index in [1.807, 2.05) is 13.8 Å². The largest absolute Gasteiger partial charge is 0.454 e. The van der Waals surface area contributed by atoms with E-state index in [-0.39, 0.29) is 12.5 Å². The molecule has 0 N–H and O–H groups in total. The fraction of sp³-hybridized carbons (Fsp3) is 0.273. The Balaban J connectivity index is 2.57. The van der Waals surface area contributed by atoms with Gasteiger partial charge in [-0.15, -0.1) is 0 Å². The fourth-order valence-corrected chi connectivity index (χ4v) is 1.53. The number of nitro groups is 1. The highest BCUT2D eigenvalue weighted by molar-refractivity contribution is 5.68. The predicted octanol–water partition coefficient (Wildman–Crippen LogP) is 2.75. The van der Waals surface area contributed by atoms with Crippen LogP contribution < -0.4 is 9.47 Å². The van der Waals surface area contributed by atoms with Crippen molar-refractivity contribution in [1.82, 2.24) is 0 Å². The van der Waals surface area contributed by atoms with Crippen LogP contribution in [-0.2, 0) is 0 Å². The second kappa shape index (κ2) is 3.84. The monoisotopic (exact) mass is 221 g/mol. The highest BCUT2D eigenvalue weighted by atomic mass is 16.7. The standard InChI is InChI=1S/C11H11NO4/c1-7(2)3-8-4-10-11(16-6-15-10)5-9(8)12(13)14/h3-5H,6H2,1-2H3. The Kier molecular flexibility index (Phi) is 2.52. The lowest BCUT2D eigenvalue weighted by atomic mass is 10.1. The summed E-state index contributed by atoms with van der Waals surface area (Å²) in [5.41, 5.74) is 1.56. The highest BCUT2D eigenvalue weighted by Crippen LogP contribution is 2.38. The number of fused-ring (bicyclic) bond motifs is 1. The van der Waals surface area contributed by atoms with Crippen LogP contribution >= 0.6 is 0 Å². The lowest BCUT2D eigenvalue weighted by Crippen LogP contribution is -1.93.